The highest BCUT2D eigenvalue weighted by atomic mass is 19.4. The predicted molar refractivity (Wildman–Crippen MR) is 77.7 cm³/mol. The zero-order valence-corrected chi connectivity index (χ0v) is 12.1. The smallest absolute Gasteiger partial charge is 0.320 e. The van der Waals surface area contributed by atoms with Crippen molar-refractivity contribution >= 4 is 0 Å². The fraction of sp³-hybridized carbons (Fsp3) is 0.625. The Morgan fingerprint density at radius 1 is 1.24 bits per heavy atom. The van der Waals surface area contributed by atoms with E-state index in [0.29, 0.717) is 12.3 Å². The zero-order valence-electron chi connectivity index (χ0n) is 12.1. The van der Waals surface area contributed by atoms with Crippen LogP contribution in [0.25, 0.3) is 0 Å². The lowest BCUT2D eigenvalue weighted by molar-refractivity contribution is -0.149. The van der Waals surface area contributed by atoms with E-state index in [0.717, 1.165) is 32.5 Å². The number of rotatable bonds is 5. The van der Waals surface area contributed by atoms with E-state index in [1.165, 1.54) is 5.56 Å². The molecule has 1 fully saturated rings. The molecule has 2 rings (SSSR count). The monoisotopic (exact) mass is 300 g/mol. The van der Waals surface area contributed by atoms with E-state index < -0.39 is 12.2 Å². The number of piperidine rings is 1. The fourth-order valence-corrected chi connectivity index (χ4v) is 2.95. The molecule has 5 heteroatoms. The number of nitrogens with zero attached hydrogens (tertiary/aromatic N) is 1. The molecule has 2 atom stereocenters. The summed E-state index contributed by atoms with van der Waals surface area (Å²) in [6.07, 6.45) is -1.60. The van der Waals surface area contributed by atoms with Gasteiger partial charge < -0.3 is 5.73 Å². The van der Waals surface area contributed by atoms with E-state index in [-0.39, 0.29) is 6.42 Å². The van der Waals surface area contributed by atoms with Crippen LogP contribution >= 0.6 is 0 Å². The molecule has 2 nitrogen and oxygen atoms in total. The summed E-state index contributed by atoms with van der Waals surface area (Å²) < 4.78 is 37.3. The number of benzene rings is 1. The Morgan fingerprint density at radius 2 is 1.95 bits per heavy atom. The molecule has 1 aliphatic heterocycles. The van der Waals surface area contributed by atoms with Gasteiger partial charge in [-0.1, -0.05) is 30.3 Å². The number of hydrogen-bond acceptors (Lipinski definition) is 2. The Bertz CT molecular complexity index is 419. The first kappa shape index (κ1) is 16.3. The Labute approximate surface area is 124 Å². The standard InChI is InChI=1S/C16H23F3N2/c17-16(18,19)15(20)9-8-14-7-4-10-21(12-14)11-13-5-2-1-3-6-13/h1-3,5-6,14-15H,4,7-12,20H2. The van der Waals surface area contributed by atoms with Gasteiger partial charge in [0.2, 0.25) is 0 Å². The van der Waals surface area contributed by atoms with Crippen LogP contribution in [-0.2, 0) is 6.54 Å². The first-order chi connectivity index (χ1) is 9.95. The molecule has 0 amide bonds. The number of hydrogen-bond donors (Lipinski definition) is 1. The molecule has 0 aromatic heterocycles. The Morgan fingerprint density at radius 3 is 2.62 bits per heavy atom. The minimum Gasteiger partial charge on any atom is -0.320 e. The molecular weight excluding hydrogens is 277 g/mol. The Balaban J connectivity index is 1.78. The molecule has 1 aliphatic rings. The van der Waals surface area contributed by atoms with Crippen molar-refractivity contribution in [3.63, 3.8) is 0 Å². The van der Waals surface area contributed by atoms with Crippen molar-refractivity contribution in [2.45, 2.75) is 44.4 Å². The molecule has 1 aromatic rings. The third-order valence-corrected chi connectivity index (χ3v) is 4.16. The summed E-state index contributed by atoms with van der Waals surface area (Å²) in [5.74, 6) is 0.330. The molecule has 21 heavy (non-hydrogen) atoms. The van der Waals surface area contributed by atoms with Crippen molar-refractivity contribution in [1.29, 1.82) is 0 Å². The minimum absolute atomic E-state index is 0.0351. The second kappa shape index (κ2) is 7.27. The highest BCUT2D eigenvalue weighted by Gasteiger charge is 2.36. The third-order valence-electron chi connectivity index (χ3n) is 4.16. The highest BCUT2D eigenvalue weighted by Crippen LogP contribution is 2.27. The highest BCUT2D eigenvalue weighted by molar-refractivity contribution is 5.14. The van der Waals surface area contributed by atoms with Gasteiger partial charge in [-0.05, 0) is 43.7 Å². The molecule has 1 saturated heterocycles. The second-order valence-electron chi connectivity index (χ2n) is 5.95. The maximum absolute atomic E-state index is 12.4. The van der Waals surface area contributed by atoms with Crippen LogP contribution in [-0.4, -0.2) is 30.2 Å². The third kappa shape index (κ3) is 5.32. The van der Waals surface area contributed by atoms with Gasteiger partial charge in [-0.15, -0.1) is 0 Å². The molecule has 2 unspecified atom stereocenters. The van der Waals surface area contributed by atoms with Crippen molar-refractivity contribution in [2.24, 2.45) is 11.7 Å². The van der Waals surface area contributed by atoms with Gasteiger partial charge >= 0.3 is 6.18 Å². The van der Waals surface area contributed by atoms with Crippen LogP contribution in [0.1, 0.15) is 31.2 Å². The average molecular weight is 300 g/mol. The normalized spacial score (nSPS) is 22.2. The van der Waals surface area contributed by atoms with Gasteiger partial charge in [-0.25, -0.2) is 0 Å². The van der Waals surface area contributed by atoms with Gasteiger partial charge in [-0.3, -0.25) is 4.90 Å². The van der Waals surface area contributed by atoms with E-state index in [1.807, 2.05) is 18.2 Å². The summed E-state index contributed by atoms with van der Waals surface area (Å²) in [6, 6.07) is 8.51. The first-order valence-electron chi connectivity index (χ1n) is 7.53. The first-order valence-corrected chi connectivity index (χ1v) is 7.53. The molecule has 1 aromatic carbocycles. The lowest BCUT2D eigenvalue weighted by Gasteiger charge is -2.33. The Hall–Kier alpha value is -1.07. The topological polar surface area (TPSA) is 29.3 Å². The lowest BCUT2D eigenvalue weighted by atomic mass is 9.91. The van der Waals surface area contributed by atoms with Gasteiger partial charge in [0.1, 0.15) is 6.04 Å². The lowest BCUT2D eigenvalue weighted by Crippen LogP contribution is -2.39. The zero-order chi connectivity index (χ0) is 15.3. The summed E-state index contributed by atoms with van der Waals surface area (Å²) in [5, 5.41) is 0. The fourth-order valence-electron chi connectivity index (χ4n) is 2.95. The van der Waals surface area contributed by atoms with Gasteiger partial charge in [-0.2, -0.15) is 13.2 Å². The SMILES string of the molecule is NC(CCC1CCCN(Cc2ccccc2)C1)C(F)(F)F. The van der Waals surface area contributed by atoms with Gasteiger partial charge in [0.15, 0.2) is 0 Å². The summed E-state index contributed by atoms with van der Waals surface area (Å²) in [6.45, 7) is 2.78. The van der Waals surface area contributed by atoms with Crippen LogP contribution in [0, 0.1) is 5.92 Å². The molecule has 0 radical (unpaired) electrons. The van der Waals surface area contributed by atoms with Crippen LogP contribution in [0.15, 0.2) is 30.3 Å². The largest absolute Gasteiger partial charge is 0.403 e. The molecule has 2 N–H and O–H groups in total. The van der Waals surface area contributed by atoms with Crippen molar-refractivity contribution in [3.8, 4) is 0 Å². The summed E-state index contributed by atoms with van der Waals surface area (Å²) in [5.41, 5.74) is 6.44. The van der Waals surface area contributed by atoms with E-state index in [1.54, 1.807) is 0 Å². The van der Waals surface area contributed by atoms with Crippen molar-refractivity contribution < 1.29 is 13.2 Å². The number of alkyl halides is 3. The van der Waals surface area contributed by atoms with Crippen molar-refractivity contribution in [3.05, 3.63) is 35.9 Å². The van der Waals surface area contributed by atoms with Crippen LogP contribution in [0.4, 0.5) is 13.2 Å². The van der Waals surface area contributed by atoms with Crippen LogP contribution in [0.5, 0.6) is 0 Å². The van der Waals surface area contributed by atoms with Crippen LogP contribution in [0.3, 0.4) is 0 Å². The molecule has 0 bridgehead atoms. The molecule has 0 aliphatic carbocycles. The summed E-state index contributed by atoms with van der Waals surface area (Å²) >= 11 is 0. The summed E-state index contributed by atoms with van der Waals surface area (Å²) in [7, 11) is 0. The minimum atomic E-state index is -4.27. The molecule has 0 saturated carbocycles. The Kier molecular flexibility index (Phi) is 5.65. The van der Waals surface area contributed by atoms with Crippen molar-refractivity contribution in [2.75, 3.05) is 13.1 Å². The average Bonchev–Trinajstić information content (AvgIpc) is 2.45. The van der Waals surface area contributed by atoms with E-state index in [4.69, 9.17) is 5.73 Å². The van der Waals surface area contributed by atoms with Crippen LogP contribution < -0.4 is 5.73 Å². The van der Waals surface area contributed by atoms with E-state index in [9.17, 15) is 13.2 Å². The molecular formula is C16H23F3N2. The number of nitrogens with two attached hydrogens (primary N) is 1. The van der Waals surface area contributed by atoms with Gasteiger partial charge in [0, 0.05) is 13.1 Å². The summed E-state index contributed by atoms with van der Waals surface area (Å²) in [4.78, 5) is 2.34. The predicted octanol–water partition coefficient (Wildman–Crippen LogP) is 3.57. The van der Waals surface area contributed by atoms with Crippen molar-refractivity contribution in [1.82, 2.24) is 4.90 Å². The second-order valence-corrected chi connectivity index (χ2v) is 5.95. The number of likely N-dealkylation sites (tertiary alicyclic amines) is 1. The van der Waals surface area contributed by atoms with Gasteiger partial charge in [0.05, 0.1) is 0 Å². The molecule has 0 spiro atoms. The quantitative estimate of drug-likeness (QED) is 0.901. The maximum Gasteiger partial charge on any atom is 0.403 e. The van der Waals surface area contributed by atoms with E-state index in [2.05, 4.69) is 17.0 Å². The van der Waals surface area contributed by atoms with Gasteiger partial charge in [0.25, 0.3) is 0 Å². The van der Waals surface area contributed by atoms with E-state index >= 15 is 0 Å². The van der Waals surface area contributed by atoms with Crippen LogP contribution in [0.2, 0.25) is 0 Å². The molecule has 118 valence electrons. The maximum atomic E-state index is 12.4. The molecule has 1 heterocycles. The number of halogens is 3.